The van der Waals surface area contributed by atoms with E-state index in [1.165, 1.54) is 5.57 Å². The zero-order valence-corrected chi connectivity index (χ0v) is 13.8. The molecular formula is C19H19N3O2. The number of benzene rings is 1. The Labute approximate surface area is 140 Å². The minimum atomic E-state index is -0.0501. The van der Waals surface area contributed by atoms with Crippen LogP contribution >= 0.6 is 0 Å². The highest BCUT2D eigenvalue weighted by Gasteiger charge is 2.23. The van der Waals surface area contributed by atoms with Crippen LogP contribution in [-0.4, -0.2) is 33.7 Å². The van der Waals surface area contributed by atoms with E-state index in [0.717, 1.165) is 28.6 Å². The van der Waals surface area contributed by atoms with Crippen LogP contribution in [0.3, 0.4) is 0 Å². The lowest BCUT2D eigenvalue weighted by Gasteiger charge is -2.25. The van der Waals surface area contributed by atoms with E-state index in [9.17, 15) is 4.79 Å². The van der Waals surface area contributed by atoms with E-state index in [2.05, 4.69) is 11.2 Å². The smallest absolute Gasteiger partial charge is 0.289 e. The van der Waals surface area contributed by atoms with Crippen molar-refractivity contribution in [3.8, 4) is 0 Å². The quantitative estimate of drug-likeness (QED) is 0.727. The minimum Gasteiger partial charge on any atom is -0.451 e. The van der Waals surface area contributed by atoms with Crippen molar-refractivity contribution >= 4 is 22.4 Å². The molecule has 5 heteroatoms. The molecule has 3 heterocycles. The number of amides is 1. The summed E-state index contributed by atoms with van der Waals surface area (Å²) in [6.07, 6.45) is 4.72. The van der Waals surface area contributed by atoms with Crippen LogP contribution < -0.4 is 0 Å². The molecule has 24 heavy (non-hydrogen) atoms. The first kappa shape index (κ1) is 14.8. The van der Waals surface area contributed by atoms with Gasteiger partial charge in [0.1, 0.15) is 5.58 Å². The number of fused-ring (bicyclic) bond motifs is 1. The molecule has 0 atom stereocenters. The molecule has 1 aliphatic heterocycles. The Morgan fingerprint density at radius 3 is 2.83 bits per heavy atom. The van der Waals surface area contributed by atoms with Gasteiger partial charge in [-0.05, 0) is 42.7 Å². The molecule has 1 amide bonds. The lowest BCUT2D eigenvalue weighted by atomic mass is 10.0. The molecule has 0 radical (unpaired) electrons. The molecule has 1 aliphatic rings. The molecule has 0 unspecified atom stereocenters. The molecule has 2 aromatic heterocycles. The largest absolute Gasteiger partial charge is 0.451 e. The van der Waals surface area contributed by atoms with Crippen molar-refractivity contribution in [1.29, 1.82) is 0 Å². The number of furan rings is 1. The van der Waals surface area contributed by atoms with E-state index in [1.807, 2.05) is 53.9 Å². The summed E-state index contributed by atoms with van der Waals surface area (Å²) < 4.78 is 7.62. The minimum absolute atomic E-state index is 0.0501. The van der Waals surface area contributed by atoms with Crippen molar-refractivity contribution in [3.05, 3.63) is 59.6 Å². The van der Waals surface area contributed by atoms with Crippen molar-refractivity contribution in [2.24, 2.45) is 7.05 Å². The number of aromatic nitrogens is 2. The number of hydrogen-bond acceptors (Lipinski definition) is 3. The number of nitrogens with zero attached hydrogens (tertiary/aromatic N) is 3. The number of aryl methyl sites for hydroxylation is 2. The first-order valence-corrected chi connectivity index (χ1v) is 8.09. The predicted octanol–water partition coefficient (Wildman–Crippen LogP) is 3.40. The van der Waals surface area contributed by atoms with Crippen LogP contribution in [0, 0.1) is 6.92 Å². The van der Waals surface area contributed by atoms with E-state index < -0.39 is 0 Å². The molecule has 122 valence electrons. The van der Waals surface area contributed by atoms with E-state index in [1.54, 1.807) is 6.20 Å². The Balaban J connectivity index is 1.56. The van der Waals surface area contributed by atoms with Crippen LogP contribution in [0.15, 0.2) is 47.0 Å². The third kappa shape index (κ3) is 2.42. The molecule has 0 aliphatic carbocycles. The third-order valence-electron chi connectivity index (χ3n) is 4.64. The van der Waals surface area contributed by atoms with Gasteiger partial charge in [0.2, 0.25) is 0 Å². The van der Waals surface area contributed by atoms with Crippen molar-refractivity contribution in [1.82, 2.24) is 14.7 Å². The summed E-state index contributed by atoms with van der Waals surface area (Å²) in [7, 11) is 1.93. The van der Waals surface area contributed by atoms with E-state index >= 15 is 0 Å². The lowest BCUT2D eigenvalue weighted by Crippen LogP contribution is -2.34. The van der Waals surface area contributed by atoms with Crippen LogP contribution in [0.1, 0.15) is 28.2 Å². The highest BCUT2D eigenvalue weighted by molar-refractivity contribution is 5.97. The fourth-order valence-electron chi connectivity index (χ4n) is 3.24. The van der Waals surface area contributed by atoms with Crippen molar-refractivity contribution in [2.75, 3.05) is 13.1 Å². The van der Waals surface area contributed by atoms with Crippen LogP contribution in [0.5, 0.6) is 0 Å². The molecule has 0 spiro atoms. The van der Waals surface area contributed by atoms with Crippen molar-refractivity contribution < 1.29 is 9.21 Å². The molecule has 1 aromatic carbocycles. The molecule has 0 fully saturated rings. The Morgan fingerprint density at radius 1 is 1.29 bits per heavy atom. The average molecular weight is 321 g/mol. The highest BCUT2D eigenvalue weighted by Crippen LogP contribution is 2.26. The van der Waals surface area contributed by atoms with Gasteiger partial charge in [-0.25, -0.2) is 0 Å². The Hall–Kier alpha value is -2.82. The SMILES string of the molecule is Cc1cccc2oc(C(=O)N3CC=C(c4ccnn4C)CC3)cc12. The molecule has 0 saturated carbocycles. The van der Waals surface area contributed by atoms with Gasteiger partial charge >= 0.3 is 0 Å². The normalized spacial score (nSPS) is 14.9. The van der Waals surface area contributed by atoms with Gasteiger partial charge in [-0.3, -0.25) is 9.48 Å². The monoisotopic (exact) mass is 321 g/mol. The summed E-state index contributed by atoms with van der Waals surface area (Å²) in [5.41, 5.74) is 4.23. The Morgan fingerprint density at radius 2 is 2.17 bits per heavy atom. The van der Waals surface area contributed by atoms with E-state index in [-0.39, 0.29) is 5.91 Å². The van der Waals surface area contributed by atoms with Gasteiger partial charge in [0.25, 0.3) is 5.91 Å². The van der Waals surface area contributed by atoms with Crippen LogP contribution in [0.2, 0.25) is 0 Å². The third-order valence-corrected chi connectivity index (χ3v) is 4.64. The number of hydrogen-bond donors (Lipinski definition) is 0. The first-order valence-electron chi connectivity index (χ1n) is 8.09. The van der Waals surface area contributed by atoms with Crippen LogP contribution in [0.25, 0.3) is 16.5 Å². The number of rotatable bonds is 2. The maximum atomic E-state index is 12.7. The zero-order valence-electron chi connectivity index (χ0n) is 13.8. The molecule has 4 rings (SSSR count). The fraction of sp³-hybridized carbons (Fsp3) is 0.263. The number of carbonyl (C=O) groups excluding carboxylic acids is 1. The van der Waals surface area contributed by atoms with Crippen LogP contribution in [-0.2, 0) is 7.05 Å². The first-order chi connectivity index (χ1) is 11.6. The zero-order chi connectivity index (χ0) is 16.7. The number of carbonyl (C=O) groups is 1. The molecular weight excluding hydrogens is 302 g/mol. The maximum absolute atomic E-state index is 12.7. The maximum Gasteiger partial charge on any atom is 0.289 e. The van der Waals surface area contributed by atoms with Crippen molar-refractivity contribution in [2.45, 2.75) is 13.3 Å². The van der Waals surface area contributed by atoms with Gasteiger partial charge in [0.05, 0.1) is 5.69 Å². The summed E-state index contributed by atoms with van der Waals surface area (Å²) in [5.74, 6) is 0.364. The summed E-state index contributed by atoms with van der Waals surface area (Å²) in [5, 5.41) is 5.21. The van der Waals surface area contributed by atoms with Gasteiger partial charge in [-0.2, -0.15) is 5.10 Å². The van der Waals surface area contributed by atoms with Gasteiger partial charge in [-0.15, -0.1) is 0 Å². The standard InChI is InChI=1S/C19H19N3O2/c1-13-4-3-5-17-15(13)12-18(24-17)19(23)22-10-7-14(8-11-22)16-6-9-20-21(16)2/h3-7,9,12H,8,10-11H2,1-2H3. The molecule has 0 N–H and O–H groups in total. The van der Waals surface area contributed by atoms with Gasteiger partial charge in [0, 0.05) is 31.7 Å². The van der Waals surface area contributed by atoms with Crippen molar-refractivity contribution in [3.63, 3.8) is 0 Å². The van der Waals surface area contributed by atoms with E-state index in [0.29, 0.717) is 18.8 Å². The fourth-order valence-corrected chi connectivity index (χ4v) is 3.24. The molecule has 3 aromatic rings. The van der Waals surface area contributed by atoms with Crippen LogP contribution in [0.4, 0.5) is 0 Å². The summed E-state index contributed by atoms with van der Waals surface area (Å²) in [6, 6.07) is 9.73. The second-order valence-corrected chi connectivity index (χ2v) is 6.17. The molecule has 0 bridgehead atoms. The summed E-state index contributed by atoms with van der Waals surface area (Å²) >= 11 is 0. The Bertz CT molecular complexity index is 949. The lowest BCUT2D eigenvalue weighted by molar-refractivity contribution is 0.0743. The summed E-state index contributed by atoms with van der Waals surface area (Å²) in [4.78, 5) is 14.6. The Kier molecular flexibility index (Phi) is 3.49. The highest BCUT2D eigenvalue weighted by atomic mass is 16.3. The topological polar surface area (TPSA) is 51.3 Å². The average Bonchev–Trinajstić information content (AvgIpc) is 3.21. The molecule has 5 nitrogen and oxygen atoms in total. The van der Waals surface area contributed by atoms with E-state index in [4.69, 9.17) is 4.42 Å². The van der Waals surface area contributed by atoms with Gasteiger partial charge in [-0.1, -0.05) is 18.2 Å². The predicted molar refractivity (Wildman–Crippen MR) is 92.7 cm³/mol. The second-order valence-electron chi connectivity index (χ2n) is 6.17. The second kappa shape index (κ2) is 5.67. The molecule has 0 saturated heterocycles. The van der Waals surface area contributed by atoms with Gasteiger partial charge < -0.3 is 9.32 Å². The summed E-state index contributed by atoms with van der Waals surface area (Å²) in [6.45, 7) is 3.30. The van der Waals surface area contributed by atoms with Gasteiger partial charge in [0.15, 0.2) is 5.76 Å².